The Hall–Kier alpha value is -3.85. The fraction of sp³-hybridized carbons (Fsp3) is 0.600. The number of nitrogens with two attached hydrogens (primary N) is 2. The fourth-order valence-corrected chi connectivity index (χ4v) is 2.29. The van der Waals surface area contributed by atoms with Gasteiger partial charge in [0.25, 0.3) is 0 Å². The molecule has 0 aliphatic carbocycles. The van der Waals surface area contributed by atoms with Crippen LogP contribution in [0.2, 0.25) is 0 Å². The van der Waals surface area contributed by atoms with E-state index in [4.69, 9.17) is 31.6 Å². The molecule has 0 bridgehead atoms. The zero-order valence-corrected chi connectivity index (χ0v) is 19.7. The van der Waals surface area contributed by atoms with Crippen LogP contribution < -0.4 is 22.1 Å². The molecule has 16 heteroatoms. The van der Waals surface area contributed by atoms with E-state index in [9.17, 15) is 32.3 Å². The average Bonchev–Trinajstić information content (AvgIpc) is 2.71. The Labute approximate surface area is 204 Å². The number of aliphatic carboxylic acids is 3. The van der Waals surface area contributed by atoms with Gasteiger partial charge in [-0.15, -0.1) is 0 Å². The second-order valence-corrected chi connectivity index (χ2v) is 7.57. The molecule has 0 spiro atoms. The molecule has 206 valence electrons. The number of nitrogens with one attached hydrogen (secondary N) is 2. The minimum atomic E-state index is -5.08. The van der Waals surface area contributed by atoms with Crippen LogP contribution in [0.3, 0.4) is 0 Å². The van der Waals surface area contributed by atoms with Crippen molar-refractivity contribution in [3.63, 3.8) is 0 Å². The summed E-state index contributed by atoms with van der Waals surface area (Å²) < 4.78 is 31.7. The number of carboxylic acid groups (broad SMARTS) is 3. The number of rotatable bonds is 14. The molecule has 2 amide bonds. The Bertz CT molecular complexity index is 812. The molecule has 36 heavy (non-hydrogen) atoms. The van der Waals surface area contributed by atoms with Crippen LogP contribution in [0.15, 0.2) is 17.1 Å². The van der Waals surface area contributed by atoms with Gasteiger partial charge in [0.1, 0.15) is 12.1 Å². The van der Waals surface area contributed by atoms with Gasteiger partial charge < -0.3 is 37.4 Å². The number of nitrogens with zero attached hydrogens (tertiary/aromatic N) is 1. The third-order valence-electron chi connectivity index (χ3n) is 4.05. The summed E-state index contributed by atoms with van der Waals surface area (Å²) >= 11 is 0. The quantitative estimate of drug-likeness (QED) is 0.0701. The maximum Gasteiger partial charge on any atom is 0.490 e. The maximum atomic E-state index is 12.3. The first-order valence-corrected chi connectivity index (χ1v) is 10.5. The molecule has 0 aromatic carbocycles. The van der Waals surface area contributed by atoms with Crippen molar-refractivity contribution in [1.29, 1.82) is 0 Å². The number of alkyl halides is 3. The van der Waals surface area contributed by atoms with Crippen molar-refractivity contribution in [3.8, 4) is 0 Å². The third-order valence-corrected chi connectivity index (χ3v) is 4.05. The number of hydrogen-bond donors (Lipinski definition) is 7. The lowest BCUT2D eigenvalue weighted by Crippen LogP contribution is -2.53. The Balaban J connectivity index is 0. The zero-order valence-electron chi connectivity index (χ0n) is 19.7. The van der Waals surface area contributed by atoms with Crippen LogP contribution in [0.1, 0.15) is 46.0 Å². The van der Waals surface area contributed by atoms with Gasteiger partial charge in [-0.1, -0.05) is 26.0 Å². The van der Waals surface area contributed by atoms with Gasteiger partial charge in [0.2, 0.25) is 11.8 Å². The number of unbranched alkanes of at least 4 members (excludes halogenated alkanes) is 2. The van der Waals surface area contributed by atoms with Gasteiger partial charge >= 0.3 is 24.1 Å². The highest BCUT2D eigenvalue weighted by atomic mass is 19.4. The summed E-state index contributed by atoms with van der Waals surface area (Å²) in [5.74, 6) is -7.06. The molecule has 0 rings (SSSR count). The molecule has 0 radical (unpaired) electrons. The maximum absolute atomic E-state index is 12.3. The Morgan fingerprint density at radius 1 is 0.972 bits per heavy atom. The average molecular weight is 527 g/mol. The van der Waals surface area contributed by atoms with Gasteiger partial charge in [0, 0.05) is 13.0 Å². The van der Waals surface area contributed by atoms with E-state index >= 15 is 0 Å². The predicted molar refractivity (Wildman–Crippen MR) is 121 cm³/mol. The summed E-state index contributed by atoms with van der Waals surface area (Å²) in [5.41, 5.74) is 10.4. The monoisotopic (exact) mass is 527 g/mol. The van der Waals surface area contributed by atoms with Crippen LogP contribution in [0.4, 0.5) is 13.2 Å². The summed E-state index contributed by atoms with van der Waals surface area (Å²) in [6.07, 6.45) is -0.0532. The summed E-state index contributed by atoms with van der Waals surface area (Å²) in [6, 6.07) is -2.55. The summed E-state index contributed by atoms with van der Waals surface area (Å²) in [4.78, 5) is 59.2. The number of carbonyl (C=O) groups is 5. The highest BCUT2D eigenvalue weighted by Gasteiger charge is 2.38. The molecule has 0 aromatic rings. The minimum Gasteiger partial charge on any atom is -0.481 e. The van der Waals surface area contributed by atoms with Crippen LogP contribution in [0, 0.1) is 5.92 Å². The van der Waals surface area contributed by atoms with E-state index < -0.39 is 60.3 Å². The molecular formula is C20H32F3N5O8. The minimum absolute atomic E-state index is 0.0379. The smallest absolute Gasteiger partial charge is 0.481 e. The lowest BCUT2D eigenvalue weighted by Gasteiger charge is -2.22. The Kier molecular flexibility index (Phi) is 16.7. The third kappa shape index (κ3) is 18.6. The normalized spacial score (nSPS) is 12.6. The lowest BCUT2D eigenvalue weighted by atomic mass is 10.0. The molecule has 0 heterocycles. The van der Waals surface area contributed by atoms with Crippen LogP contribution in [0.25, 0.3) is 0 Å². The summed E-state index contributed by atoms with van der Waals surface area (Å²) in [5, 5.41) is 29.8. The SMILES string of the molecule is CC(C)[C@H](NC(=O)[C@H](CC(=O)O)NC(=O)C/C=C/CCCCN=C(N)N)C(=O)O.O=C(O)C(F)(F)F. The lowest BCUT2D eigenvalue weighted by molar-refractivity contribution is -0.192. The molecule has 0 aliphatic heterocycles. The molecule has 2 atom stereocenters. The topological polar surface area (TPSA) is 234 Å². The van der Waals surface area contributed by atoms with Gasteiger partial charge in [0.05, 0.1) is 6.42 Å². The van der Waals surface area contributed by atoms with E-state index in [2.05, 4.69) is 15.6 Å². The van der Waals surface area contributed by atoms with E-state index in [0.717, 1.165) is 12.8 Å². The van der Waals surface area contributed by atoms with Gasteiger partial charge in [0.15, 0.2) is 5.96 Å². The van der Waals surface area contributed by atoms with Crippen molar-refractivity contribution in [2.45, 2.75) is 64.2 Å². The van der Waals surface area contributed by atoms with Crippen LogP contribution in [-0.4, -0.2) is 75.8 Å². The second-order valence-electron chi connectivity index (χ2n) is 7.57. The largest absolute Gasteiger partial charge is 0.490 e. The molecule has 0 aliphatic rings. The first-order valence-electron chi connectivity index (χ1n) is 10.5. The zero-order chi connectivity index (χ0) is 28.5. The number of amides is 2. The van der Waals surface area contributed by atoms with Crippen LogP contribution in [0.5, 0.6) is 0 Å². The molecule has 0 saturated heterocycles. The van der Waals surface area contributed by atoms with Gasteiger partial charge in [-0.2, -0.15) is 13.2 Å². The highest BCUT2D eigenvalue weighted by Crippen LogP contribution is 2.13. The van der Waals surface area contributed by atoms with Crippen molar-refractivity contribution < 1.29 is 52.5 Å². The standard InChI is InChI=1S/C18H31N5O6.C2HF3O2/c1-11(2)15(17(28)29)23-16(27)12(10-14(25)26)22-13(24)8-6-4-3-5-7-9-21-18(19)20;3-2(4,5)1(6)7/h4,6,11-12,15H,3,5,7-10H2,1-2H3,(H,22,24)(H,23,27)(H,25,26)(H,28,29)(H4,19,20,21);(H,6,7)/b6-4+;/t12-,15-;/m0./s1. The van der Waals surface area contributed by atoms with Gasteiger partial charge in [-0.05, 0) is 25.2 Å². The number of halogens is 3. The van der Waals surface area contributed by atoms with Crippen molar-refractivity contribution in [1.82, 2.24) is 10.6 Å². The van der Waals surface area contributed by atoms with Crippen molar-refractivity contribution >= 4 is 35.7 Å². The predicted octanol–water partition coefficient (Wildman–Crippen LogP) is 0.195. The van der Waals surface area contributed by atoms with E-state index in [0.29, 0.717) is 13.0 Å². The Morgan fingerprint density at radius 3 is 1.94 bits per heavy atom. The van der Waals surface area contributed by atoms with Gasteiger partial charge in [-0.25, -0.2) is 9.59 Å². The number of carbonyl (C=O) groups excluding carboxylic acids is 2. The second kappa shape index (κ2) is 17.6. The number of hydrogen-bond acceptors (Lipinski definition) is 6. The van der Waals surface area contributed by atoms with Crippen molar-refractivity contribution in [3.05, 3.63) is 12.2 Å². The van der Waals surface area contributed by atoms with Crippen LogP contribution in [-0.2, 0) is 24.0 Å². The molecule has 13 nitrogen and oxygen atoms in total. The molecule has 0 fully saturated rings. The molecule has 0 saturated carbocycles. The summed E-state index contributed by atoms with van der Waals surface area (Å²) in [7, 11) is 0. The highest BCUT2D eigenvalue weighted by molar-refractivity contribution is 5.93. The number of carboxylic acids is 3. The van der Waals surface area contributed by atoms with Crippen LogP contribution >= 0.6 is 0 Å². The first-order chi connectivity index (χ1) is 16.5. The Morgan fingerprint density at radius 2 is 1.53 bits per heavy atom. The number of guanidine groups is 1. The van der Waals surface area contributed by atoms with Crippen molar-refractivity contribution in [2.24, 2.45) is 22.4 Å². The van der Waals surface area contributed by atoms with E-state index in [1.807, 2.05) is 0 Å². The fourth-order valence-electron chi connectivity index (χ4n) is 2.29. The summed E-state index contributed by atoms with van der Waals surface area (Å²) in [6.45, 7) is 3.73. The van der Waals surface area contributed by atoms with Crippen molar-refractivity contribution in [2.75, 3.05) is 6.54 Å². The van der Waals surface area contributed by atoms with E-state index in [-0.39, 0.29) is 12.4 Å². The first kappa shape index (κ1) is 34.3. The van der Waals surface area contributed by atoms with E-state index in [1.165, 1.54) is 0 Å². The number of aliphatic imine (C=N–C) groups is 1. The van der Waals surface area contributed by atoms with Gasteiger partial charge in [-0.3, -0.25) is 19.4 Å². The molecule has 9 N–H and O–H groups in total. The molecule has 0 unspecified atom stereocenters. The molecular weight excluding hydrogens is 495 g/mol. The molecule has 0 aromatic heterocycles. The number of allylic oxidation sites excluding steroid dienone is 1. The van der Waals surface area contributed by atoms with E-state index in [1.54, 1.807) is 26.0 Å².